The Balaban J connectivity index is 1.29. The normalized spacial score (nSPS) is 11.3. The number of aromatic nitrogens is 4. The van der Waals surface area contributed by atoms with Gasteiger partial charge in [0.2, 0.25) is 5.91 Å². The van der Waals surface area contributed by atoms with E-state index in [1.807, 2.05) is 55.6 Å². The first-order valence-electron chi connectivity index (χ1n) is 9.37. The number of carbonyl (C=O) groups is 1. The highest BCUT2D eigenvalue weighted by Crippen LogP contribution is 2.33. The maximum Gasteiger partial charge on any atom is 0.236 e. The minimum atomic E-state index is -0.151. The van der Waals surface area contributed by atoms with E-state index in [1.54, 1.807) is 11.7 Å². The van der Waals surface area contributed by atoms with Crippen LogP contribution in [0.15, 0.2) is 58.1 Å². The van der Waals surface area contributed by atoms with Crippen molar-refractivity contribution in [2.24, 2.45) is 7.05 Å². The number of furan rings is 1. The molecule has 0 bridgehead atoms. The quantitative estimate of drug-likeness (QED) is 0.378. The van der Waals surface area contributed by atoms with Gasteiger partial charge >= 0.3 is 0 Å². The van der Waals surface area contributed by atoms with Crippen LogP contribution >= 0.6 is 23.1 Å². The number of amides is 1. The molecule has 5 aromatic rings. The van der Waals surface area contributed by atoms with E-state index in [-0.39, 0.29) is 11.7 Å². The highest BCUT2D eigenvalue weighted by Gasteiger charge is 2.18. The van der Waals surface area contributed by atoms with Gasteiger partial charge in [-0.3, -0.25) is 4.79 Å². The molecule has 5 rings (SSSR count). The standard InChI is InChI=1S/C21H17N5O3S2/c1-26-19(15-10-12-6-5-8-14(28-2)18(12)29-15)24-25-21(26)30-11-17(27)23-20-22-13-7-3-4-9-16(13)31-20/h3-10H,11H2,1-2H3,(H,22,23,27). The van der Waals surface area contributed by atoms with Gasteiger partial charge in [-0.05, 0) is 24.3 Å². The Morgan fingerprint density at radius 3 is 2.94 bits per heavy atom. The molecule has 0 atom stereocenters. The maximum absolute atomic E-state index is 12.4. The molecule has 0 saturated heterocycles. The van der Waals surface area contributed by atoms with Crippen molar-refractivity contribution < 1.29 is 13.9 Å². The lowest BCUT2D eigenvalue weighted by atomic mass is 10.2. The van der Waals surface area contributed by atoms with Gasteiger partial charge < -0.3 is 19.0 Å². The number of thiazole rings is 1. The Hall–Kier alpha value is -3.37. The molecule has 0 aliphatic rings. The van der Waals surface area contributed by atoms with E-state index in [2.05, 4.69) is 20.5 Å². The number of carbonyl (C=O) groups excluding carboxylic acids is 1. The van der Waals surface area contributed by atoms with Crippen molar-refractivity contribution in [1.29, 1.82) is 0 Å². The van der Waals surface area contributed by atoms with Crippen LogP contribution in [0.2, 0.25) is 0 Å². The average molecular weight is 452 g/mol. The number of fused-ring (bicyclic) bond motifs is 2. The molecule has 8 nitrogen and oxygen atoms in total. The van der Waals surface area contributed by atoms with Crippen LogP contribution < -0.4 is 10.1 Å². The molecule has 10 heteroatoms. The van der Waals surface area contributed by atoms with Gasteiger partial charge in [-0.25, -0.2) is 4.98 Å². The van der Waals surface area contributed by atoms with Gasteiger partial charge in [0.05, 0.1) is 23.1 Å². The summed E-state index contributed by atoms with van der Waals surface area (Å²) in [7, 11) is 3.45. The Bertz CT molecular complexity index is 1370. The van der Waals surface area contributed by atoms with E-state index in [1.165, 1.54) is 23.1 Å². The zero-order chi connectivity index (χ0) is 21.4. The van der Waals surface area contributed by atoms with Crippen molar-refractivity contribution in [3.05, 3.63) is 48.5 Å². The summed E-state index contributed by atoms with van der Waals surface area (Å²) in [4.78, 5) is 16.8. The molecule has 0 spiro atoms. The van der Waals surface area contributed by atoms with Crippen molar-refractivity contribution >= 4 is 55.3 Å². The lowest BCUT2D eigenvalue weighted by molar-refractivity contribution is -0.113. The molecule has 0 unspecified atom stereocenters. The molecule has 3 heterocycles. The van der Waals surface area contributed by atoms with E-state index in [9.17, 15) is 4.79 Å². The van der Waals surface area contributed by atoms with E-state index < -0.39 is 0 Å². The number of rotatable bonds is 6. The Morgan fingerprint density at radius 1 is 1.23 bits per heavy atom. The first-order valence-corrected chi connectivity index (χ1v) is 11.2. The van der Waals surface area contributed by atoms with Crippen LogP contribution in [0, 0.1) is 0 Å². The van der Waals surface area contributed by atoms with Crippen molar-refractivity contribution in [3.8, 4) is 17.3 Å². The minimum absolute atomic E-state index is 0.151. The topological polar surface area (TPSA) is 95.1 Å². The van der Waals surface area contributed by atoms with Gasteiger partial charge in [-0.1, -0.05) is 47.4 Å². The molecule has 0 radical (unpaired) electrons. The zero-order valence-electron chi connectivity index (χ0n) is 16.7. The van der Waals surface area contributed by atoms with Gasteiger partial charge in [0.1, 0.15) is 0 Å². The number of methoxy groups -OCH3 is 1. The predicted octanol–water partition coefficient (Wildman–Crippen LogP) is 4.58. The second-order valence-electron chi connectivity index (χ2n) is 6.68. The highest BCUT2D eigenvalue weighted by molar-refractivity contribution is 7.99. The summed E-state index contributed by atoms with van der Waals surface area (Å²) >= 11 is 2.75. The summed E-state index contributed by atoms with van der Waals surface area (Å²) in [6.45, 7) is 0. The summed E-state index contributed by atoms with van der Waals surface area (Å²) in [5, 5.41) is 13.4. The molecule has 1 N–H and O–H groups in total. The molecule has 0 aliphatic carbocycles. The third-order valence-corrected chi connectivity index (χ3v) is 6.63. The summed E-state index contributed by atoms with van der Waals surface area (Å²) in [6, 6.07) is 15.4. The monoisotopic (exact) mass is 451 g/mol. The number of benzene rings is 2. The van der Waals surface area contributed by atoms with Crippen LogP contribution in [-0.4, -0.2) is 38.5 Å². The fraction of sp³-hybridized carbons (Fsp3) is 0.143. The van der Waals surface area contributed by atoms with Crippen molar-refractivity contribution in [2.75, 3.05) is 18.2 Å². The number of hydrogen-bond donors (Lipinski definition) is 1. The van der Waals surface area contributed by atoms with E-state index in [0.717, 1.165) is 15.6 Å². The summed E-state index contributed by atoms with van der Waals surface area (Å²) in [6.07, 6.45) is 0. The largest absolute Gasteiger partial charge is 0.493 e. The average Bonchev–Trinajstić information content (AvgIpc) is 3.47. The number of para-hydroxylation sites is 2. The van der Waals surface area contributed by atoms with E-state index in [4.69, 9.17) is 9.15 Å². The first kappa shape index (κ1) is 19.6. The van der Waals surface area contributed by atoms with Crippen molar-refractivity contribution in [3.63, 3.8) is 0 Å². The van der Waals surface area contributed by atoms with Crippen LogP contribution in [0.1, 0.15) is 0 Å². The van der Waals surface area contributed by atoms with Gasteiger partial charge in [-0.2, -0.15) is 0 Å². The van der Waals surface area contributed by atoms with Crippen LogP contribution in [0.3, 0.4) is 0 Å². The van der Waals surface area contributed by atoms with Gasteiger partial charge in [0.25, 0.3) is 0 Å². The molecule has 156 valence electrons. The van der Waals surface area contributed by atoms with Gasteiger partial charge in [0, 0.05) is 12.4 Å². The minimum Gasteiger partial charge on any atom is -0.493 e. The lowest BCUT2D eigenvalue weighted by Crippen LogP contribution is -2.14. The smallest absolute Gasteiger partial charge is 0.236 e. The van der Waals surface area contributed by atoms with Crippen molar-refractivity contribution in [2.45, 2.75) is 5.16 Å². The fourth-order valence-corrected chi connectivity index (χ4v) is 4.77. The highest BCUT2D eigenvalue weighted by atomic mass is 32.2. The third-order valence-electron chi connectivity index (χ3n) is 4.66. The fourth-order valence-electron chi connectivity index (χ4n) is 3.17. The molecule has 2 aromatic carbocycles. The molecule has 0 saturated carbocycles. The molecule has 31 heavy (non-hydrogen) atoms. The number of anilines is 1. The number of nitrogens with zero attached hydrogens (tertiary/aromatic N) is 4. The summed E-state index contributed by atoms with van der Waals surface area (Å²) in [5.74, 6) is 1.86. The van der Waals surface area contributed by atoms with E-state index in [0.29, 0.717) is 33.2 Å². The number of ether oxygens (including phenoxy) is 1. The van der Waals surface area contributed by atoms with Crippen LogP contribution in [0.5, 0.6) is 5.75 Å². The third kappa shape index (κ3) is 3.75. The van der Waals surface area contributed by atoms with Gasteiger partial charge in [-0.15, -0.1) is 10.2 Å². The number of nitrogens with one attached hydrogen (secondary N) is 1. The molecule has 3 aromatic heterocycles. The molecule has 0 fully saturated rings. The Labute approximate surface area is 185 Å². The Morgan fingerprint density at radius 2 is 2.10 bits per heavy atom. The summed E-state index contributed by atoms with van der Waals surface area (Å²) < 4.78 is 14.2. The molecule has 0 aliphatic heterocycles. The zero-order valence-corrected chi connectivity index (χ0v) is 18.3. The SMILES string of the molecule is COc1cccc2cc(-c3nnc(SCC(=O)Nc4nc5ccccc5s4)n3C)oc12. The van der Waals surface area contributed by atoms with Crippen LogP contribution in [0.4, 0.5) is 5.13 Å². The van der Waals surface area contributed by atoms with Crippen LogP contribution in [-0.2, 0) is 11.8 Å². The van der Waals surface area contributed by atoms with E-state index >= 15 is 0 Å². The number of thioether (sulfide) groups is 1. The summed E-state index contributed by atoms with van der Waals surface area (Å²) in [5.41, 5.74) is 1.53. The molecular formula is C21H17N5O3S2. The lowest BCUT2D eigenvalue weighted by Gasteiger charge is -2.02. The van der Waals surface area contributed by atoms with Gasteiger partial charge in [0.15, 0.2) is 33.2 Å². The van der Waals surface area contributed by atoms with Crippen LogP contribution in [0.25, 0.3) is 32.8 Å². The predicted molar refractivity (Wildman–Crippen MR) is 122 cm³/mol. The second-order valence-corrected chi connectivity index (χ2v) is 8.65. The Kier molecular flexibility index (Phi) is 5.08. The molecule has 1 amide bonds. The second kappa shape index (κ2) is 8.05. The maximum atomic E-state index is 12.4. The first-order chi connectivity index (χ1) is 15.1. The number of hydrogen-bond acceptors (Lipinski definition) is 8. The van der Waals surface area contributed by atoms with Crippen molar-refractivity contribution in [1.82, 2.24) is 19.7 Å². The molecular weight excluding hydrogens is 434 g/mol.